The van der Waals surface area contributed by atoms with Crippen molar-refractivity contribution in [1.29, 1.82) is 0 Å². The summed E-state index contributed by atoms with van der Waals surface area (Å²) in [5, 5.41) is 1.23. The summed E-state index contributed by atoms with van der Waals surface area (Å²) in [6.45, 7) is 2.89. The number of ether oxygens (including phenoxy) is 1. The number of benzene rings is 2. The van der Waals surface area contributed by atoms with E-state index >= 15 is 0 Å². The maximum atomic E-state index is 5.82. The average Bonchev–Trinajstić information content (AvgIpc) is 3.19. The standard InChI is InChI=1S/C16H16OS/c1-12-7-9-14(10-8-12)17-11-15-16(18-15)13-5-3-2-4-6-13/h2-10,15-16H,11H2,1H3. The Morgan fingerprint density at radius 2 is 1.72 bits per heavy atom. The van der Waals surface area contributed by atoms with Gasteiger partial charge in [-0.05, 0) is 24.6 Å². The zero-order chi connectivity index (χ0) is 12.4. The van der Waals surface area contributed by atoms with Crippen molar-refractivity contribution in [2.45, 2.75) is 17.4 Å². The van der Waals surface area contributed by atoms with Crippen LogP contribution in [0.25, 0.3) is 0 Å². The first-order chi connectivity index (χ1) is 8.83. The molecule has 2 heteroatoms. The minimum atomic E-state index is 0.605. The molecule has 0 saturated carbocycles. The van der Waals surface area contributed by atoms with Crippen LogP contribution in [0.3, 0.4) is 0 Å². The van der Waals surface area contributed by atoms with Crippen LogP contribution < -0.4 is 4.74 Å². The number of hydrogen-bond acceptors (Lipinski definition) is 2. The molecule has 0 bridgehead atoms. The van der Waals surface area contributed by atoms with E-state index in [-0.39, 0.29) is 0 Å². The summed E-state index contributed by atoms with van der Waals surface area (Å²) >= 11 is 1.99. The second kappa shape index (κ2) is 5.07. The van der Waals surface area contributed by atoms with Gasteiger partial charge in [-0.25, -0.2) is 0 Å². The fraction of sp³-hybridized carbons (Fsp3) is 0.250. The molecule has 2 aromatic carbocycles. The molecule has 2 unspecified atom stereocenters. The van der Waals surface area contributed by atoms with E-state index in [0.717, 1.165) is 12.4 Å². The smallest absolute Gasteiger partial charge is 0.119 e. The van der Waals surface area contributed by atoms with Crippen molar-refractivity contribution in [3.05, 3.63) is 65.7 Å². The molecule has 1 aliphatic heterocycles. The minimum absolute atomic E-state index is 0.605. The van der Waals surface area contributed by atoms with Gasteiger partial charge in [0.25, 0.3) is 0 Å². The van der Waals surface area contributed by atoms with Crippen LogP contribution >= 0.6 is 11.8 Å². The monoisotopic (exact) mass is 256 g/mol. The van der Waals surface area contributed by atoms with Crippen molar-refractivity contribution in [3.8, 4) is 5.75 Å². The first kappa shape index (κ1) is 11.7. The van der Waals surface area contributed by atoms with E-state index in [0.29, 0.717) is 10.5 Å². The Balaban J connectivity index is 1.53. The fourth-order valence-corrected chi connectivity index (χ4v) is 3.00. The van der Waals surface area contributed by atoms with E-state index in [4.69, 9.17) is 4.74 Å². The van der Waals surface area contributed by atoms with Gasteiger partial charge in [0.15, 0.2) is 0 Å². The van der Waals surface area contributed by atoms with Gasteiger partial charge in [0.2, 0.25) is 0 Å². The van der Waals surface area contributed by atoms with Gasteiger partial charge in [-0.3, -0.25) is 0 Å². The maximum Gasteiger partial charge on any atom is 0.119 e. The van der Waals surface area contributed by atoms with Crippen LogP contribution in [0, 0.1) is 6.92 Å². The predicted molar refractivity (Wildman–Crippen MR) is 77.2 cm³/mol. The Morgan fingerprint density at radius 3 is 2.44 bits per heavy atom. The fourth-order valence-electron chi connectivity index (χ4n) is 2.02. The maximum absolute atomic E-state index is 5.82. The summed E-state index contributed by atoms with van der Waals surface area (Å²) < 4.78 is 5.82. The lowest BCUT2D eigenvalue weighted by Gasteiger charge is -2.05. The highest BCUT2D eigenvalue weighted by Crippen LogP contribution is 2.54. The van der Waals surface area contributed by atoms with Crippen molar-refractivity contribution >= 4 is 11.8 Å². The van der Waals surface area contributed by atoms with Crippen LogP contribution in [0.15, 0.2) is 54.6 Å². The summed E-state index contributed by atoms with van der Waals surface area (Å²) in [6.07, 6.45) is 0. The molecule has 0 aliphatic carbocycles. The molecule has 18 heavy (non-hydrogen) atoms. The zero-order valence-electron chi connectivity index (χ0n) is 10.4. The van der Waals surface area contributed by atoms with Gasteiger partial charge in [-0.15, -0.1) is 11.8 Å². The first-order valence-corrected chi connectivity index (χ1v) is 7.17. The highest BCUT2D eigenvalue weighted by Gasteiger charge is 2.39. The third-order valence-corrected chi connectivity index (χ3v) is 4.48. The molecule has 0 radical (unpaired) electrons. The van der Waals surface area contributed by atoms with Crippen LogP contribution in [0.1, 0.15) is 16.4 Å². The van der Waals surface area contributed by atoms with Crippen molar-refractivity contribution in [3.63, 3.8) is 0 Å². The number of rotatable bonds is 4. The summed E-state index contributed by atoms with van der Waals surface area (Å²) in [7, 11) is 0. The third-order valence-electron chi connectivity index (χ3n) is 3.15. The molecule has 0 aromatic heterocycles. The molecule has 1 saturated heterocycles. The molecule has 1 heterocycles. The van der Waals surface area contributed by atoms with E-state index < -0.39 is 0 Å². The second-order valence-electron chi connectivity index (χ2n) is 4.63. The molecule has 1 fully saturated rings. The van der Waals surface area contributed by atoms with Gasteiger partial charge in [-0.1, -0.05) is 48.0 Å². The van der Waals surface area contributed by atoms with Crippen molar-refractivity contribution in [2.75, 3.05) is 6.61 Å². The van der Waals surface area contributed by atoms with Crippen molar-refractivity contribution in [1.82, 2.24) is 0 Å². The van der Waals surface area contributed by atoms with E-state index in [1.54, 1.807) is 0 Å². The second-order valence-corrected chi connectivity index (χ2v) is 6.02. The lowest BCUT2D eigenvalue weighted by atomic mass is 10.1. The van der Waals surface area contributed by atoms with E-state index in [2.05, 4.69) is 49.4 Å². The lowest BCUT2D eigenvalue weighted by Crippen LogP contribution is -2.04. The molecule has 2 aromatic rings. The van der Waals surface area contributed by atoms with Crippen LogP contribution in [0.2, 0.25) is 0 Å². The van der Waals surface area contributed by atoms with Crippen LogP contribution in [0.4, 0.5) is 0 Å². The highest BCUT2D eigenvalue weighted by atomic mass is 32.2. The van der Waals surface area contributed by atoms with Crippen LogP contribution in [0.5, 0.6) is 5.75 Å². The Hall–Kier alpha value is -1.41. The number of aryl methyl sites for hydroxylation is 1. The molecule has 1 nitrogen and oxygen atoms in total. The quantitative estimate of drug-likeness (QED) is 0.757. The summed E-state index contributed by atoms with van der Waals surface area (Å²) in [4.78, 5) is 0. The molecule has 92 valence electrons. The molecular formula is C16H16OS. The summed E-state index contributed by atoms with van der Waals surface area (Å²) in [5.41, 5.74) is 2.69. The Morgan fingerprint density at radius 1 is 1.00 bits per heavy atom. The summed E-state index contributed by atoms with van der Waals surface area (Å²) in [6, 6.07) is 18.9. The molecule has 3 rings (SSSR count). The van der Waals surface area contributed by atoms with Gasteiger partial charge >= 0.3 is 0 Å². The van der Waals surface area contributed by atoms with Crippen LogP contribution in [-0.4, -0.2) is 11.9 Å². The van der Waals surface area contributed by atoms with Crippen molar-refractivity contribution < 1.29 is 4.74 Å². The molecule has 1 aliphatic rings. The van der Waals surface area contributed by atoms with Gasteiger partial charge < -0.3 is 4.74 Å². The van der Waals surface area contributed by atoms with Gasteiger partial charge in [0, 0.05) is 5.25 Å². The lowest BCUT2D eigenvalue weighted by molar-refractivity contribution is 0.324. The Kier molecular flexibility index (Phi) is 3.28. The molecule has 2 atom stereocenters. The van der Waals surface area contributed by atoms with E-state index in [9.17, 15) is 0 Å². The van der Waals surface area contributed by atoms with Gasteiger partial charge in [0.05, 0.1) is 5.25 Å². The normalized spacial score (nSPS) is 21.6. The van der Waals surface area contributed by atoms with Gasteiger partial charge in [-0.2, -0.15) is 0 Å². The SMILES string of the molecule is Cc1ccc(OCC2SC2c2ccccc2)cc1. The predicted octanol–water partition coefficient (Wildman–Crippen LogP) is 4.23. The Labute approximate surface area is 112 Å². The average molecular weight is 256 g/mol. The summed E-state index contributed by atoms with van der Waals surface area (Å²) in [5.74, 6) is 0.972. The van der Waals surface area contributed by atoms with Crippen molar-refractivity contribution in [2.24, 2.45) is 0 Å². The molecular weight excluding hydrogens is 240 g/mol. The minimum Gasteiger partial charge on any atom is -0.492 e. The van der Waals surface area contributed by atoms with Crippen LogP contribution in [-0.2, 0) is 0 Å². The third kappa shape index (κ3) is 2.70. The molecule has 0 spiro atoms. The molecule has 0 amide bonds. The number of thioether (sulfide) groups is 1. The first-order valence-electron chi connectivity index (χ1n) is 6.23. The van der Waals surface area contributed by atoms with Gasteiger partial charge in [0.1, 0.15) is 12.4 Å². The van der Waals surface area contributed by atoms with E-state index in [1.165, 1.54) is 11.1 Å². The highest BCUT2D eigenvalue weighted by molar-refractivity contribution is 8.07. The van der Waals surface area contributed by atoms with E-state index in [1.807, 2.05) is 23.9 Å². The largest absolute Gasteiger partial charge is 0.492 e. The Bertz CT molecular complexity index is 506. The topological polar surface area (TPSA) is 9.23 Å². The number of hydrogen-bond donors (Lipinski definition) is 0. The zero-order valence-corrected chi connectivity index (χ0v) is 11.2. The molecule has 0 N–H and O–H groups in total.